The van der Waals surface area contributed by atoms with Crippen LogP contribution in [0.1, 0.15) is 18.3 Å². The van der Waals surface area contributed by atoms with Crippen molar-refractivity contribution < 1.29 is 9.84 Å². The first-order valence-corrected chi connectivity index (χ1v) is 5.16. The molecule has 1 unspecified atom stereocenters. The number of H-pyrrole nitrogens is 1. The maximum absolute atomic E-state index is 9.74. The van der Waals surface area contributed by atoms with Crippen LogP contribution in [0.3, 0.4) is 0 Å². The van der Waals surface area contributed by atoms with Gasteiger partial charge in [-0.3, -0.25) is 0 Å². The van der Waals surface area contributed by atoms with Crippen LogP contribution in [0.15, 0.2) is 18.2 Å². The van der Waals surface area contributed by atoms with Gasteiger partial charge in [-0.15, -0.1) is 0 Å². The van der Waals surface area contributed by atoms with Crippen LogP contribution in [0.4, 0.5) is 0 Å². The molecular weight excluding hydrogens is 206 g/mol. The molecule has 4 N–H and O–H groups in total. The summed E-state index contributed by atoms with van der Waals surface area (Å²) in [5.41, 5.74) is 7.05. The van der Waals surface area contributed by atoms with E-state index in [1.54, 1.807) is 7.11 Å². The van der Waals surface area contributed by atoms with Gasteiger partial charge in [0, 0.05) is 6.07 Å². The Labute approximate surface area is 93.2 Å². The van der Waals surface area contributed by atoms with E-state index < -0.39 is 6.10 Å². The topological polar surface area (TPSA) is 84.2 Å². The van der Waals surface area contributed by atoms with Gasteiger partial charge in [0.1, 0.15) is 17.7 Å². The van der Waals surface area contributed by atoms with Gasteiger partial charge in [0.05, 0.1) is 18.1 Å². The fourth-order valence-corrected chi connectivity index (χ4v) is 1.59. The lowest BCUT2D eigenvalue weighted by Gasteiger charge is -2.03. The second-order valence-corrected chi connectivity index (χ2v) is 3.60. The maximum Gasteiger partial charge on any atom is 0.136 e. The monoisotopic (exact) mass is 221 g/mol. The number of aromatic nitrogens is 2. The number of aliphatic hydroxyl groups is 1. The third-order valence-electron chi connectivity index (χ3n) is 2.46. The molecule has 0 aliphatic carbocycles. The Hall–Kier alpha value is -1.59. The van der Waals surface area contributed by atoms with Gasteiger partial charge in [-0.1, -0.05) is 0 Å². The van der Waals surface area contributed by atoms with Gasteiger partial charge in [-0.05, 0) is 25.1 Å². The molecule has 1 heterocycles. The molecule has 0 saturated heterocycles. The van der Waals surface area contributed by atoms with E-state index in [9.17, 15) is 5.11 Å². The second kappa shape index (κ2) is 4.51. The highest BCUT2D eigenvalue weighted by Gasteiger charge is 2.11. The number of nitrogens with zero attached hydrogens (tertiary/aromatic N) is 1. The molecule has 0 saturated carbocycles. The van der Waals surface area contributed by atoms with Gasteiger partial charge in [-0.2, -0.15) is 0 Å². The fourth-order valence-electron chi connectivity index (χ4n) is 1.59. The van der Waals surface area contributed by atoms with Crippen molar-refractivity contribution in [3.05, 3.63) is 24.0 Å². The minimum Gasteiger partial charge on any atom is -0.497 e. The molecule has 0 spiro atoms. The van der Waals surface area contributed by atoms with Gasteiger partial charge in [0.25, 0.3) is 0 Å². The number of rotatable bonds is 4. The molecule has 0 aliphatic rings. The molecule has 5 heteroatoms. The van der Waals surface area contributed by atoms with Crippen molar-refractivity contribution in [1.29, 1.82) is 0 Å². The Bertz CT molecular complexity index is 481. The van der Waals surface area contributed by atoms with E-state index in [1.807, 2.05) is 18.2 Å². The lowest BCUT2D eigenvalue weighted by Crippen LogP contribution is -2.07. The zero-order chi connectivity index (χ0) is 11.5. The van der Waals surface area contributed by atoms with Crippen LogP contribution < -0.4 is 10.5 Å². The molecule has 2 aromatic rings. The predicted octanol–water partition coefficient (Wildman–Crippen LogP) is 0.954. The summed E-state index contributed by atoms with van der Waals surface area (Å²) in [4.78, 5) is 7.35. The minimum absolute atomic E-state index is 0.432. The molecule has 0 bridgehead atoms. The third-order valence-corrected chi connectivity index (χ3v) is 2.46. The van der Waals surface area contributed by atoms with Crippen LogP contribution in [-0.4, -0.2) is 28.7 Å². The average Bonchev–Trinajstić information content (AvgIpc) is 2.71. The summed E-state index contributed by atoms with van der Waals surface area (Å²) in [7, 11) is 1.61. The van der Waals surface area contributed by atoms with Crippen LogP contribution in [0, 0.1) is 0 Å². The number of aromatic amines is 1. The van der Waals surface area contributed by atoms with E-state index >= 15 is 0 Å². The standard InChI is InChI=1S/C11H15N3O2/c1-16-7-2-3-8-9(6-7)14-11(13-8)10(15)4-5-12/h2-3,6,10,15H,4-5,12H2,1H3,(H,13,14). The first kappa shape index (κ1) is 10.9. The molecule has 1 atom stereocenters. The quantitative estimate of drug-likeness (QED) is 0.717. The Kier molecular flexibility index (Phi) is 3.07. The van der Waals surface area contributed by atoms with Crippen molar-refractivity contribution in [3.8, 4) is 5.75 Å². The molecule has 0 amide bonds. The van der Waals surface area contributed by atoms with Gasteiger partial charge >= 0.3 is 0 Å². The smallest absolute Gasteiger partial charge is 0.136 e. The van der Waals surface area contributed by atoms with E-state index in [0.717, 1.165) is 16.8 Å². The largest absolute Gasteiger partial charge is 0.497 e. The highest BCUT2D eigenvalue weighted by molar-refractivity contribution is 5.76. The van der Waals surface area contributed by atoms with Gasteiger partial charge in [-0.25, -0.2) is 4.98 Å². The third kappa shape index (κ3) is 2.00. The van der Waals surface area contributed by atoms with Crippen molar-refractivity contribution in [3.63, 3.8) is 0 Å². The van der Waals surface area contributed by atoms with Crippen LogP contribution in [0.25, 0.3) is 11.0 Å². The molecule has 0 fully saturated rings. The van der Waals surface area contributed by atoms with Crippen LogP contribution >= 0.6 is 0 Å². The Morgan fingerprint density at radius 3 is 3.06 bits per heavy atom. The summed E-state index contributed by atoms with van der Waals surface area (Å²) >= 11 is 0. The summed E-state index contributed by atoms with van der Waals surface area (Å²) in [5, 5.41) is 9.74. The summed E-state index contributed by atoms with van der Waals surface area (Å²) in [6.07, 6.45) is -0.139. The predicted molar refractivity (Wildman–Crippen MR) is 61.3 cm³/mol. The van der Waals surface area contributed by atoms with E-state index in [1.165, 1.54) is 0 Å². The van der Waals surface area contributed by atoms with Crippen molar-refractivity contribution in [2.24, 2.45) is 5.73 Å². The molecule has 0 radical (unpaired) electrons. The molecule has 1 aromatic carbocycles. The van der Waals surface area contributed by atoms with Crippen LogP contribution in [0.5, 0.6) is 5.75 Å². The number of nitrogens with two attached hydrogens (primary N) is 1. The lowest BCUT2D eigenvalue weighted by atomic mass is 10.2. The van der Waals surface area contributed by atoms with Gasteiger partial charge in [0.15, 0.2) is 0 Å². The number of hydrogen-bond acceptors (Lipinski definition) is 4. The second-order valence-electron chi connectivity index (χ2n) is 3.60. The van der Waals surface area contributed by atoms with Crippen molar-refractivity contribution in [2.75, 3.05) is 13.7 Å². The zero-order valence-electron chi connectivity index (χ0n) is 9.10. The first-order valence-electron chi connectivity index (χ1n) is 5.16. The SMILES string of the molecule is COc1ccc2nc(C(O)CCN)[nH]c2c1. The normalized spacial score (nSPS) is 12.9. The van der Waals surface area contributed by atoms with E-state index in [-0.39, 0.29) is 0 Å². The fraction of sp³-hybridized carbons (Fsp3) is 0.364. The van der Waals surface area contributed by atoms with E-state index in [0.29, 0.717) is 18.8 Å². The Balaban J connectivity index is 2.35. The number of hydrogen-bond donors (Lipinski definition) is 3. The van der Waals surface area contributed by atoms with Gasteiger partial charge < -0.3 is 20.6 Å². The summed E-state index contributed by atoms with van der Waals surface area (Å²) in [6.45, 7) is 0.432. The molecular formula is C11H15N3O2. The molecule has 1 aromatic heterocycles. The van der Waals surface area contributed by atoms with Crippen LogP contribution in [0.2, 0.25) is 0 Å². The Morgan fingerprint density at radius 2 is 2.38 bits per heavy atom. The first-order chi connectivity index (χ1) is 7.74. The summed E-state index contributed by atoms with van der Waals surface area (Å²) in [5.74, 6) is 1.31. The maximum atomic E-state index is 9.74. The number of fused-ring (bicyclic) bond motifs is 1. The molecule has 16 heavy (non-hydrogen) atoms. The number of ether oxygens (including phenoxy) is 1. The number of methoxy groups -OCH3 is 1. The lowest BCUT2D eigenvalue weighted by molar-refractivity contribution is 0.162. The summed E-state index contributed by atoms with van der Waals surface area (Å²) in [6, 6.07) is 5.53. The molecule has 2 rings (SSSR count). The van der Waals surface area contributed by atoms with Crippen molar-refractivity contribution >= 4 is 11.0 Å². The summed E-state index contributed by atoms with van der Waals surface area (Å²) < 4.78 is 5.11. The van der Waals surface area contributed by atoms with E-state index in [4.69, 9.17) is 10.5 Å². The minimum atomic E-state index is -0.636. The average molecular weight is 221 g/mol. The number of aliphatic hydroxyl groups excluding tert-OH is 1. The van der Waals surface area contributed by atoms with E-state index in [2.05, 4.69) is 9.97 Å². The Morgan fingerprint density at radius 1 is 1.56 bits per heavy atom. The molecule has 5 nitrogen and oxygen atoms in total. The van der Waals surface area contributed by atoms with Crippen molar-refractivity contribution in [2.45, 2.75) is 12.5 Å². The van der Waals surface area contributed by atoms with Gasteiger partial charge in [0.2, 0.25) is 0 Å². The number of imidazole rings is 1. The highest BCUT2D eigenvalue weighted by Crippen LogP contribution is 2.21. The van der Waals surface area contributed by atoms with Crippen LogP contribution in [-0.2, 0) is 0 Å². The number of benzene rings is 1. The van der Waals surface area contributed by atoms with Crippen molar-refractivity contribution in [1.82, 2.24) is 9.97 Å². The molecule has 86 valence electrons. The number of nitrogens with one attached hydrogen (secondary N) is 1. The molecule has 0 aliphatic heterocycles. The highest BCUT2D eigenvalue weighted by atomic mass is 16.5. The zero-order valence-corrected chi connectivity index (χ0v) is 9.10.